The molecule has 1 saturated heterocycles. The minimum absolute atomic E-state index is 0.00107. The third-order valence-corrected chi connectivity index (χ3v) is 8.06. The molecule has 0 radical (unpaired) electrons. The molecule has 3 heterocycles. The molecule has 1 atom stereocenters. The van der Waals surface area contributed by atoms with Gasteiger partial charge in [-0.3, -0.25) is 4.79 Å². The van der Waals surface area contributed by atoms with Crippen LogP contribution in [-0.4, -0.2) is 52.1 Å². The zero-order valence-electron chi connectivity index (χ0n) is 18.9. The fourth-order valence-electron chi connectivity index (χ4n) is 4.49. The summed E-state index contributed by atoms with van der Waals surface area (Å²) < 4.78 is 13.3. The van der Waals surface area contributed by atoms with Gasteiger partial charge in [0.05, 0.1) is 26.0 Å². The Morgan fingerprint density at radius 1 is 1.18 bits per heavy atom. The SMILES string of the molecule is COc1ccc(OC)c(C2CCCN2C(=O)CSc2nnc(Cc3cccs3)n2C2CC2)c1. The molecule has 33 heavy (non-hydrogen) atoms. The highest BCUT2D eigenvalue weighted by Gasteiger charge is 2.34. The summed E-state index contributed by atoms with van der Waals surface area (Å²) in [7, 11) is 3.32. The number of thioether (sulfide) groups is 1. The number of methoxy groups -OCH3 is 2. The van der Waals surface area contributed by atoms with Crippen LogP contribution in [0, 0.1) is 0 Å². The van der Waals surface area contributed by atoms with Gasteiger partial charge in [-0.05, 0) is 55.3 Å². The average molecular weight is 485 g/mol. The van der Waals surface area contributed by atoms with Crippen molar-refractivity contribution in [2.75, 3.05) is 26.5 Å². The van der Waals surface area contributed by atoms with Gasteiger partial charge in [-0.2, -0.15) is 0 Å². The van der Waals surface area contributed by atoms with Crippen LogP contribution in [0.3, 0.4) is 0 Å². The number of hydrogen-bond acceptors (Lipinski definition) is 7. The Labute approximate surface area is 202 Å². The summed E-state index contributed by atoms with van der Waals surface area (Å²) in [4.78, 5) is 16.6. The smallest absolute Gasteiger partial charge is 0.233 e. The zero-order valence-corrected chi connectivity index (χ0v) is 20.5. The monoisotopic (exact) mass is 484 g/mol. The molecular weight excluding hydrogens is 456 g/mol. The van der Waals surface area contributed by atoms with Crippen LogP contribution in [-0.2, 0) is 11.2 Å². The lowest BCUT2D eigenvalue weighted by Gasteiger charge is -2.26. The molecule has 7 nitrogen and oxygen atoms in total. The van der Waals surface area contributed by atoms with Crippen LogP contribution in [0.15, 0.2) is 40.9 Å². The number of thiophene rings is 1. The van der Waals surface area contributed by atoms with E-state index in [1.807, 2.05) is 23.1 Å². The van der Waals surface area contributed by atoms with E-state index >= 15 is 0 Å². The average Bonchev–Trinajstić information content (AvgIpc) is 3.22. The predicted molar refractivity (Wildman–Crippen MR) is 129 cm³/mol. The summed E-state index contributed by atoms with van der Waals surface area (Å²) in [6, 6.07) is 10.5. The van der Waals surface area contributed by atoms with E-state index < -0.39 is 0 Å². The van der Waals surface area contributed by atoms with Crippen molar-refractivity contribution in [3.05, 3.63) is 52.0 Å². The highest BCUT2D eigenvalue weighted by molar-refractivity contribution is 7.99. The Hall–Kier alpha value is -2.52. The number of benzene rings is 1. The first-order valence-corrected chi connectivity index (χ1v) is 13.1. The molecule has 0 N–H and O–H groups in total. The maximum atomic E-state index is 13.3. The molecule has 9 heteroatoms. The van der Waals surface area contributed by atoms with E-state index in [-0.39, 0.29) is 11.9 Å². The van der Waals surface area contributed by atoms with Gasteiger partial charge >= 0.3 is 0 Å². The minimum atomic E-state index is -0.00107. The quantitative estimate of drug-likeness (QED) is 0.409. The van der Waals surface area contributed by atoms with Crippen LogP contribution in [0.5, 0.6) is 11.5 Å². The minimum Gasteiger partial charge on any atom is -0.497 e. The van der Waals surface area contributed by atoms with Gasteiger partial charge in [-0.1, -0.05) is 17.8 Å². The number of aromatic nitrogens is 3. The van der Waals surface area contributed by atoms with Crippen LogP contribution in [0.25, 0.3) is 0 Å². The Balaban J connectivity index is 1.30. The molecule has 5 rings (SSSR count). The molecule has 174 valence electrons. The van der Waals surface area contributed by atoms with Gasteiger partial charge in [-0.15, -0.1) is 21.5 Å². The van der Waals surface area contributed by atoms with Crippen molar-refractivity contribution < 1.29 is 14.3 Å². The number of carbonyl (C=O) groups excluding carboxylic acids is 1. The molecule has 3 aromatic rings. The number of hydrogen-bond donors (Lipinski definition) is 0. The zero-order chi connectivity index (χ0) is 22.8. The second kappa shape index (κ2) is 9.77. The van der Waals surface area contributed by atoms with E-state index in [1.165, 1.54) is 16.6 Å². The second-order valence-electron chi connectivity index (χ2n) is 8.40. The summed E-state index contributed by atoms with van der Waals surface area (Å²) in [5.41, 5.74) is 1.01. The molecule has 1 aliphatic heterocycles. The lowest BCUT2D eigenvalue weighted by molar-refractivity contribution is -0.129. The maximum absolute atomic E-state index is 13.3. The van der Waals surface area contributed by atoms with E-state index in [4.69, 9.17) is 9.47 Å². The van der Waals surface area contributed by atoms with E-state index in [1.54, 1.807) is 25.6 Å². The van der Waals surface area contributed by atoms with Gasteiger partial charge < -0.3 is 18.9 Å². The van der Waals surface area contributed by atoms with Gasteiger partial charge in [0.2, 0.25) is 5.91 Å². The number of carbonyl (C=O) groups is 1. The molecule has 2 fully saturated rings. The molecule has 2 aromatic heterocycles. The normalized spacial score (nSPS) is 18.0. The van der Waals surface area contributed by atoms with Gasteiger partial charge in [0.25, 0.3) is 0 Å². The summed E-state index contributed by atoms with van der Waals surface area (Å²) in [6.45, 7) is 0.753. The first-order chi connectivity index (χ1) is 16.2. The van der Waals surface area contributed by atoms with Crippen LogP contribution in [0.4, 0.5) is 0 Å². The number of rotatable bonds is 9. The van der Waals surface area contributed by atoms with Gasteiger partial charge in [0.15, 0.2) is 5.16 Å². The number of amides is 1. The van der Waals surface area contributed by atoms with Gasteiger partial charge in [0.1, 0.15) is 17.3 Å². The first-order valence-electron chi connectivity index (χ1n) is 11.3. The summed E-state index contributed by atoms with van der Waals surface area (Å²) >= 11 is 3.24. The lowest BCUT2D eigenvalue weighted by atomic mass is 10.0. The molecule has 0 spiro atoms. The molecular formula is C24H28N4O3S2. The van der Waals surface area contributed by atoms with E-state index in [0.29, 0.717) is 11.8 Å². The van der Waals surface area contributed by atoms with E-state index in [0.717, 1.165) is 66.7 Å². The number of ether oxygens (including phenoxy) is 2. The van der Waals surface area contributed by atoms with E-state index in [2.05, 4.69) is 32.3 Å². The largest absolute Gasteiger partial charge is 0.497 e. The van der Waals surface area contributed by atoms with E-state index in [9.17, 15) is 4.79 Å². The number of nitrogens with zero attached hydrogens (tertiary/aromatic N) is 4. The topological polar surface area (TPSA) is 69.5 Å². The summed E-state index contributed by atoms with van der Waals surface area (Å²) in [5.74, 6) is 3.04. The fourth-order valence-corrected chi connectivity index (χ4v) is 6.10. The molecule has 1 amide bonds. The van der Waals surface area contributed by atoms with Crippen molar-refractivity contribution >= 4 is 29.0 Å². The van der Waals surface area contributed by atoms with Crippen molar-refractivity contribution in [1.29, 1.82) is 0 Å². The van der Waals surface area contributed by atoms with Crippen LogP contribution < -0.4 is 9.47 Å². The Morgan fingerprint density at radius 2 is 2.06 bits per heavy atom. The van der Waals surface area contributed by atoms with Crippen LogP contribution in [0.1, 0.15) is 54.0 Å². The lowest BCUT2D eigenvalue weighted by Crippen LogP contribution is -2.32. The second-order valence-corrected chi connectivity index (χ2v) is 10.4. The molecule has 1 aromatic carbocycles. The Morgan fingerprint density at radius 3 is 2.79 bits per heavy atom. The van der Waals surface area contributed by atoms with Crippen LogP contribution >= 0.6 is 23.1 Å². The molecule has 0 bridgehead atoms. The maximum Gasteiger partial charge on any atom is 0.233 e. The highest BCUT2D eigenvalue weighted by Crippen LogP contribution is 2.41. The summed E-state index contributed by atoms with van der Waals surface area (Å²) in [5, 5.41) is 11.9. The van der Waals surface area contributed by atoms with Crippen molar-refractivity contribution in [3.63, 3.8) is 0 Å². The highest BCUT2D eigenvalue weighted by atomic mass is 32.2. The van der Waals surface area contributed by atoms with Gasteiger partial charge in [-0.25, -0.2) is 0 Å². The predicted octanol–water partition coefficient (Wildman–Crippen LogP) is 4.74. The molecule has 1 aliphatic carbocycles. The number of likely N-dealkylation sites (tertiary alicyclic amines) is 1. The molecule has 1 unspecified atom stereocenters. The van der Waals surface area contributed by atoms with Crippen molar-refractivity contribution in [3.8, 4) is 11.5 Å². The third-order valence-electron chi connectivity index (χ3n) is 6.25. The Bertz CT molecular complexity index is 1110. The third kappa shape index (κ3) is 4.75. The standard InChI is InChI=1S/C24H28N4O3S2/c1-30-17-9-10-21(31-2)19(13-17)20-6-3-11-27(20)23(29)15-33-24-26-25-22(28(24)16-7-8-16)14-18-5-4-12-32-18/h4-5,9-10,12-13,16,20H,3,6-8,11,14-15H2,1-2H3. The Kier molecular flexibility index (Phi) is 6.59. The van der Waals surface area contributed by atoms with Crippen LogP contribution in [0.2, 0.25) is 0 Å². The fraction of sp³-hybridized carbons (Fsp3) is 0.458. The van der Waals surface area contributed by atoms with Gasteiger partial charge in [0, 0.05) is 29.4 Å². The molecule has 2 aliphatic rings. The first kappa shape index (κ1) is 22.3. The molecule has 1 saturated carbocycles. The van der Waals surface area contributed by atoms with Crippen molar-refractivity contribution in [2.24, 2.45) is 0 Å². The van der Waals surface area contributed by atoms with Crippen molar-refractivity contribution in [1.82, 2.24) is 19.7 Å². The van der Waals surface area contributed by atoms with Crippen molar-refractivity contribution in [2.45, 2.75) is 49.3 Å². The summed E-state index contributed by atoms with van der Waals surface area (Å²) in [6.07, 6.45) is 4.99.